The molecule has 32 heteroatoms. The Bertz CT molecular complexity index is 4460. The van der Waals surface area contributed by atoms with Gasteiger partial charge in [0.1, 0.15) is 35.6 Å². The molecule has 9 atom stereocenters. The molecule has 111 heavy (non-hydrogen) atoms. The van der Waals surface area contributed by atoms with Crippen molar-refractivity contribution in [3.05, 3.63) is 165 Å². The van der Waals surface area contributed by atoms with E-state index in [0.29, 0.717) is 36.3 Å². The normalized spacial score (nSPS) is 14.1. The number of ether oxygens (including phenoxy) is 1. The van der Waals surface area contributed by atoms with E-state index < -0.39 is 181 Å². The molecule has 0 fully saturated rings. The fourth-order valence-electron chi connectivity index (χ4n) is 13.0. The quantitative estimate of drug-likeness (QED) is 0.0113. The maximum absolute atomic E-state index is 15.0. The number of carboxylic acids is 1. The third-order valence-corrected chi connectivity index (χ3v) is 19.3. The molecule has 5 amide bonds. The van der Waals surface area contributed by atoms with Crippen molar-refractivity contribution in [3.8, 4) is 35.2 Å². The first kappa shape index (κ1) is 86.3. The van der Waals surface area contributed by atoms with E-state index in [0.717, 1.165) is 32.0 Å². The van der Waals surface area contributed by atoms with Crippen LogP contribution < -0.4 is 65.6 Å². The Balaban J connectivity index is 1.06. The number of hydrogen-bond donors (Lipinski definition) is 15. The van der Waals surface area contributed by atoms with Crippen LogP contribution in [-0.4, -0.2) is 167 Å². The average Bonchev–Trinajstić information content (AvgIpc) is 1.65. The second-order valence-electron chi connectivity index (χ2n) is 27.9. The summed E-state index contributed by atoms with van der Waals surface area (Å²) in [5, 5.41) is 55.3. The Morgan fingerprint density at radius 3 is 1.96 bits per heavy atom. The zero-order chi connectivity index (χ0) is 80.8. The lowest BCUT2D eigenvalue weighted by Gasteiger charge is -2.26. The van der Waals surface area contributed by atoms with Crippen LogP contribution in [0.1, 0.15) is 132 Å². The number of primary amides is 1. The predicted octanol–water partition coefficient (Wildman–Crippen LogP) is 2.12. The first-order valence-corrected chi connectivity index (χ1v) is 36.8. The number of rotatable bonds is 49. The molecule has 32 nitrogen and oxygen atoms in total. The van der Waals surface area contributed by atoms with Gasteiger partial charge in [0.15, 0.2) is 29.1 Å². The Morgan fingerprint density at radius 1 is 0.676 bits per heavy atom. The number of terminal acetylenes is 1. The number of Topliss-reactive ketones (excluding diaryl/α,β-unsaturated/α-hetero) is 5. The summed E-state index contributed by atoms with van der Waals surface area (Å²) in [4.78, 5) is 189. The molecule has 9 unspecified atom stereocenters. The van der Waals surface area contributed by atoms with E-state index in [4.69, 9.17) is 39.5 Å². The first-order valence-electron chi connectivity index (χ1n) is 36.8. The van der Waals surface area contributed by atoms with Crippen LogP contribution in [0.3, 0.4) is 0 Å². The van der Waals surface area contributed by atoms with Gasteiger partial charge in [-0.1, -0.05) is 92.9 Å². The minimum absolute atomic E-state index is 0.0203. The van der Waals surface area contributed by atoms with E-state index in [9.17, 15) is 77.6 Å². The van der Waals surface area contributed by atoms with Gasteiger partial charge in [-0.15, -0.1) is 6.42 Å². The zero-order valence-corrected chi connectivity index (χ0v) is 62.1. The Morgan fingerprint density at radius 2 is 1.32 bits per heavy atom. The number of nitrogens with zero attached hydrogens (tertiary/aromatic N) is 3. The second kappa shape index (κ2) is 42.7. The fraction of sp³-hybridized carbons (Fsp3) is 0.430. The number of aromatic hydroxyl groups is 1. The van der Waals surface area contributed by atoms with Crippen molar-refractivity contribution in [1.29, 1.82) is 5.41 Å². The number of carbonyl (C=O) groups is 11. The van der Waals surface area contributed by atoms with Gasteiger partial charge in [-0.25, -0.2) is 29.0 Å². The number of aliphatic hydroxyl groups is 1. The lowest BCUT2D eigenvalue weighted by molar-refractivity contribution is -0.142. The predicted molar refractivity (Wildman–Crippen MR) is 409 cm³/mol. The number of nitrogens with two attached hydrogens (primary N) is 4. The maximum Gasteiger partial charge on any atom is 0.356 e. The third kappa shape index (κ3) is 26.1. The van der Waals surface area contributed by atoms with Gasteiger partial charge in [-0.3, -0.25) is 53.4 Å². The van der Waals surface area contributed by atoms with E-state index in [1.165, 1.54) is 48.9 Å². The molecule has 7 rings (SSSR count). The molecule has 0 radical (unpaired) electrons. The lowest BCUT2D eigenvalue weighted by atomic mass is 9.82. The number of phenolic OH excluding ortho intramolecular Hbond substituents is 1. The number of imidazole rings is 1. The van der Waals surface area contributed by atoms with Gasteiger partial charge in [-0.2, -0.15) is 4.68 Å². The van der Waals surface area contributed by atoms with Crippen molar-refractivity contribution >= 4 is 76.0 Å². The minimum Gasteiger partial charge on any atom is -0.506 e. The second-order valence-corrected chi connectivity index (χ2v) is 27.9. The molecular weight excluding hydrogens is 1430 g/mol. The lowest BCUT2D eigenvalue weighted by Crippen LogP contribution is -2.49. The van der Waals surface area contributed by atoms with Crippen LogP contribution in [0, 0.1) is 47.3 Å². The number of fused-ring (bicyclic) bond motifs is 1. The van der Waals surface area contributed by atoms with Crippen LogP contribution in [0.25, 0.3) is 16.9 Å². The Labute approximate surface area is 640 Å². The smallest absolute Gasteiger partial charge is 0.356 e. The largest absolute Gasteiger partial charge is 0.506 e. The van der Waals surface area contributed by atoms with E-state index >= 15 is 0 Å². The van der Waals surface area contributed by atoms with Gasteiger partial charge >= 0.3 is 17.3 Å². The number of unbranched alkanes of at least 4 members (excludes halogenated alkanes) is 1. The molecule has 592 valence electrons. The number of carbonyl (C=O) groups excluding carboxylic acids is 10. The van der Waals surface area contributed by atoms with Crippen molar-refractivity contribution in [1.82, 2.24) is 50.9 Å². The van der Waals surface area contributed by atoms with Crippen molar-refractivity contribution in [2.75, 3.05) is 26.3 Å². The summed E-state index contributed by atoms with van der Waals surface area (Å²) in [6.07, 6.45) is 7.00. The van der Waals surface area contributed by atoms with Crippen molar-refractivity contribution < 1.29 is 72.8 Å². The molecule has 0 bridgehead atoms. The van der Waals surface area contributed by atoms with Crippen LogP contribution in [-0.2, 0) is 78.4 Å². The highest BCUT2D eigenvalue weighted by molar-refractivity contribution is 5.99. The standard InChI is InChI=1S/C79H99N15O17/c1-4-33-111-57-24-22-56(23-25-57)93-78(109)92-94(79(93)110)63-36-48(19-27-65(63)97)35-62(76(107)108)88-71(103)30-28-64(96)61(34-47-13-6-5-7-14-47)91-74(105)53(38-55-43-85-45-87-55)41-68(100)59(18-12-32-86-77(83)84)89-73(104)51(16-10-11-31-80)39-67(99)60(26-29-70(81)102)90-75(106)54(44-95)42-66(98)52(40-69(101)72(82)46(2)3)37-50-21-20-49-15-8-9-17-58(49)50/h1,5-9,13-15,17,19,21-25,27,36,43,45-46,51-54,59-62,72,95,97H,10-12,16,18,20,26,28-35,37-42,44,80,82H2,2-3H3,(H2,81,102)(H,85,87)(H,88,103)(H,89,104)(H,90,106)(H,91,105)(H,92,109)(H,107,108)(H4,83,84,86). The summed E-state index contributed by atoms with van der Waals surface area (Å²) < 4.78 is 6.91. The number of ketones is 5. The van der Waals surface area contributed by atoms with E-state index in [2.05, 4.69) is 47.6 Å². The van der Waals surface area contributed by atoms with E-state index in [1.807, 2.05) is 30.3 Å². The van der Waals surface area contributed by atoms with Gasteiger partial charge in [-0.05, 0) is 128 Å². The number of aromatic amines is 2. The van der Waals surface area contributed by atoms with E-state index in [1.54, 1.807) is 44.2 Å². The highest BCUT2D eigenvalue weighted by atomic mass is 16.5. The summed E-state index contributed by atoms with van der Waals surface area (Å²) in [6, 6.07) is 19.0. The molecule has 0 spiro atoms. The van der Waals surface area contributed by atoms with Crippen LogP contribution >= 0.6 is 0 Å². The molecule has 0 aliphatic heterocycles. The van der Waals surface area contributed by atoms with Gasteiger partial charge in [0, 0.05) is 82.4 Å². The number of phenols is 1. The topological polar surface area (TPSA) is 534 Å². The highest BCUT2D eigenvalue weighted by Crippen LogP contribution is 2.35. The number of aromatic nitrogens is 5. The van der Waals surface area contributed by atoms with Gasteiger partial charge in [0.2, 0.25) is 29.5 Å². The molecular formula is C79H99N15O17. The molecule has 4 aromatic carbocycles. The number of H-pyrrole nitrogens is 2. The van der Waals surface area contributed by atoms with Crippen LogP contribution in [0.2, 0.25) is 0 Å². The fourth-order valence-corrected chi connectivity index (χ4v) is 13.0. The minimum atomic E-state index is -1.64. The summed E-state index contributed by atoms with van der Waals surface area (Å²) in [7, 11) is 0. The molecule has 0 saturated carbocycles. The van der Waals surface area contributed by atoms with Crippen LogP contribution in [0.5, 0.6) is 11.5 Å². The Kier molecular flexibility index (Phi) is 33.2. The number of carboxylic acid groups (broad SMARTS) is 1. The molecule has 2 heterocycles. The number of allylic oxidation sites excluding steroid dienone is 2. The number of benzene rings is 4. The molecule has 19 N–H and O–H groups in total. The number of amides is 5. The van der Waals surface area contributed by atoms with Gasteiger partial charge < -0.3 is 74.6 Å². The summed E-state index contributed by atoms with van der Waals surface area (Å²) in [5.41, 5.74) is 25.2. The molecule has 0 saturated heterocycles. The first-order chi connectivity index (χ1) is 53.1. The zero-order valence-electron chi connectivity index (χ0n) is 62.1. The van der Waals surface area contributed by atoms with Crippen molar-refractivity contribution in [2.24, 2.45) is 52.5 Å². The van der Waals surface area contributed by atoms with Gasteiger partial charge in [0.25, 0.3) is 0 Å². The SMILES string of the molecule is C#CCOc1ccc(-n2c(=O)[nH]n(-c3cc(CC(NC(=O)CCC(=O)C(Cc4ccccc4)NC(=O)C(CC(=O)C(CCCNC(=N)N)NC(=O)C(CCCCN)CC(=O)C(CCC(N)=O)NC(=O)C(CO)CC(=O)C(CC(=O)C(N)C(C)C)CC4=CCc5ccccc54)Cc4c[nH]cn4)C(=O)O)ccc3O)c2=O)cc1. The maximum atomic E-state index is 15.0. The van der Waals surface area contributed by atoms with E-state index in [-0.39, 0.29) is 106 Å². The van der Waals surface area contributed by atoms with Crippen molar-refractivity contribution in [2.45, 2.75) is 160 Å². The summed E-state index contributed by atoms with van der Waals surface area (Å²) in [6.45, 7) is 2.92. The van der Waals surface area contributed by atoms with Gasteiger partial charge in [0.05, 0.1) is 60.3 Å². The molecule has 1 aliphatic rings. The van der Waals surface area contributed by atoms with Crippen LogP contribution in [0.15, 0.2) is 125 Å². The summed E-state index contributed by atoms with van der Waals surface area (Å²) in [5.74, 6) is -12.0. The number of nitrogens with one attached hydrogen (secondary N) is 8. The third-order valence-electron chi connectivity index (χ3n) is 19.3. The van der Waals surface area contributed by atoms with Crippen LogP contribution in [0.4, 0.5) is 0 Å². The highest BCUT2D eigenvalue weighted by Gasteiger charge is 2.37. The monoisotopic (exact) mass is 1530 g/mol. The number of guanidine groups is 1. The molecule has 2 aromatic heterocycles. The average molecular weight is 1530 g/mol. The number of hydrogen-bond acceptors (Lipinski definition) is 20. The van der Waals surface area contributed by atoms with Crippen molar-refractivity contribution in [3.63, 3.8) is 0 Å². The molecule has 1 aliphatic carbocycles. The Hall–Kier alpha value is -12.0. The number of aliphatic carboxylic acids is 1. The summed E-state index contributed by atoms with van der Waals surface area (Å²) >= 11 is 0. The number of aliphatic hydroxyl groups excluding tert-OH is 1. The molecule has 6 aromatic rings.